The lowest BCUT2D eigenvalue weighted by Crippen LogP contribution is -2.58. The van der Waals surface area contributed by atoms with E-state index in [1.165, 1.54) is 0 Å². The molecule has 146 valence electrons. The summed E-state index contributed by atoms with van der Waals surface area (Å²) in [7, 11) is 1.58. The van der Waals surface area contributed by atoms with Crippen LogP contribution < -0.4 is 20.7 Å². The maximum atomic E-state index is 12.4. The fraction of sp³-hybridized carbons (Fsp3) is 0.579. The zero-order chi connectivity index (χ0) is 20.0. The number of hydrogen-bond acceptors (Lipinski definition) is 4. The summed E-state index contributed by atoms with van der Waals surface area (Å²) in [5.41, 5.74) is -0.570. The van der Waals surface area contributed by atoms with E-state index >= 15 is 0 Å². The van der Waals surface area contributed by atoms with E-state index in [0.29, 0.717) is 11.4 Å². The molecule has 0 saturated carbocycles. The highest BCUT2D eigenvalue weighted by molar-refractivity contribution is 5.89. The maximum absolute atomic E-state index is 12.4. The van der Waals surface area contributed by atoms with Crippen LogP contribution in [0.1, 0.15) is 41.5 Å². The molecule has 0 fully saturated rings. The first-order valence-electron chi connectivity index (χ1n) is 8.65. The second-order valence-corrected chi connectivity index (χ2v) is 7.74. The van der Waals surface area contributed by atoms with Crippen LogP contribution in [0.2, 0.25) is 0 Å². The molecule has 7 nitrogen and oxygen atoms in total. The molecule has 3 amide bonds. The fourth-order valence-electron chi connectivity index (χ4n) is 2.06. The number of carbonyl (C=O) groups is 2. The van der Waals surface area contributed by atoms with Crippen LogP contribution in [0.5, 0.6) is 5.75 Å². The van der Waals surface area contributed by atoms with Crippen molar-refractivity contribution in [2.24, 2.45) is 5.92 Å². The summed E-state index contributed by atoms with van der Waals surface area (Å²) in [5.74, 6) is 0.795. The number of hydrogen-bond donors (Lipinski definition) is 3. The van der Waals surface area contributed by atoms with Crippen molar-refractivity contribution in [3.63, 3.8) is 0 Å². The standard InChI is InChI=1S/C19H31N3O4/c1-13(2)19(6,12-20-17(24)26-18(3,4)5)22-16(23)21-14-8-10-15(25-7)11-9-14/h8-11,13H,12H2,1-7H3,(H,20,24)(H2,21,22,23)/t19-/m1/s1. The van der Waals surface area contributed by atoms with Crippen LogP contribution in [-0.4, -0.2) is 36.9 Å². The summed E-state index contributed by atoms with van der Waals surface area (Å²) in [6, 6.07) is 6.69. The van der Waals surface area contributed by atoms with Gasteiger partial charge in [-0.1, -0.05) is 13.8 Å². The molecule has 0 radical (unpaired) electrons. The molecule has 1 aromatic rings. The Labute approximate surface area is 155 Å². The average molecular weight is 365 g/mol. The fourth-order valence-corrected chi connectivity index (χ4v) is 2.06. The number of methoxy groups -OCH3 is 1. The van der Waals surface area contributed by atoms with Crippen molar-refractivity contribution in [1.82, 2.24) is 10.6 Å². The Morgan fingerprint density at radius 2 is 1.65 bits per heavy atom. The van der Waals surface area contributed by atoms with Gasteiger partial charge in [0.1, 0.15) is 11.4 Å². The van der Waals surface area contributed by atoms with E-state index in [1.54, 1.807) is 52.1 Å². The van der Waals surface area contributed by atoms with E-state index in [4.69, 9.17) is 9.47 Å². The van der Waals surface area contributed by atoms with Gasteiger partial charge in [-0.25, -0.2) is 9.59 Å². The first-order valence-corrected chi connectivity index (χ1v) is 8.65. The predicted octanol–water partition coefficient (Wildman–Crippen LogP) is 3.76. The molecule has 26 heavy (non-hydrogen) atoms. The molecule has 0 unspecified atom stereocenters. The summed E-state index contributed by atoms with van der Waals surface area (Å²) < 4.78 is 10.3. The van der Waals surface area contributed by atoms with E-state index in [-0.39, 0.29) is 18.5 Å². The summed E-state index contributed by atoms with van der Waals surface area (Å²) in [4.78, 5) is 24.3. The van der Waals surface area contributed by atoms with Gasteiger partial charge in [0.2, 0.25) is 0 Å². The lowest BCUT2D eigenvalue weighted by Gasteiger charge is -2.35. The van der Waals surface area contributed by atoms with Crippen LogP contribution >= 0.6 is 0 Å². The topological polar surface area (TPSA) is 88.7 Å². The molecule has 0 aliphatic heterocycles. The monoisotopic (exact) mass is 365 g/mol. The Bertz CT molecular complexity index is 608. The maximum Gasteiger partial charge on any atom is 0.407 e. The second-order valence-electron chi connectivity index (χ2n) is 7.74. The van der Waals surface area contributed by atoms with Crippen LogP contribution in [0.15, 0.2) is 24.3 Å². The van der Waals surface area contributed by atoms with Crippen molar-refractivity contribution in [2.75, 3.05) is 19.0 Å². The molecule has 0 heterocycles. The molecule has 0 bridgehead atoms. The van der Waals surface area contributed by atoms with Gasteiger partial charge in [0.25, 0.3) is 0 Å². The Morgan fingerprint density at radius 3 is 2.12 bits per heavy atom. The van der Waals surface area contributed by atoms with Gasteiger partial charge in [0.05, 0.1) is 12.6 Å². The molecule has 1 atom stereocenters. The molecule has 1 aromatic carbocycles. The minimum absolute atomic E-state index is 0.0825. The third kappa shape index (κ3) is 7.21. The lowest BCUT2D eigenvalue weighted by atomic mass is 9.88. The van der Waals surface area contributed by atoms with Crippen molar-refractivity contribution < 1.29 is 19.1 Å². The normalized spacial score (nSPS) is 13.5. The Morgan fingerprint density at radius 1 is 1.08 bits per heavy atom. The van der Waals surface area contributed by atoms with E-state index in [2.05, 4.69) is 16.0 Å². The molecule has 0 aliphatic rings. The predicted molar refractivity (Wildman–Crippen MR) is 103 cm³/mol. The van der Waals surface area contributed by atoms with Crippen LogP contribution in [0.3, 0.4) is 0 Å². The number of nitrogens with one attached hydrogen (secondary N) is 3. The van der Waals surface area contributed by atoms with Crippen molar-refractivity contribution in [3.05, 3.63) is 24.3 Å². The van der Waals surface area contributed by atoms with Gasteiger partial charge < -0.3 is 25.4 Å². The number of benzene rings is 1. The van der Waals surface area contributed by atoms with Crippen LogP contribution in [0.4, 0.5) is 15.3 Å². The van der Waals surface area contributed by atoms with E-state index in [0.717, 1.165) is 0 Å². The third-order valence-corrected chi connectivity index (χ3v) is 4.02. The number of anilines is 1. The average Bonchev–Trinajstić information content (AvgIpc) is 2.52. The van der Waals surface area contributed by atoms with E-state index in [1.807, 2.05) is 20.8 Å². The number of rotatable bonds is 6. The second kappa shape index (κ2) is 8.78. The van der Waals surface area contributed by atoms with Crippen LogP contribution in [0, 0.1) is 5.92 Å². The van der Waals surface area contributed by atoms with E-state index < -0.39 is 17.2 Å². The third-order valence-electron chi connectivity index (χ3n) is 4.02. The summed E-state index contributed by atoms with van der Waals surface area (Å²) in [6.07, 6.45) is -0.512. The molecule has 0 spiro atoms. The lowest BCUT2D eigenvalue weighted by molar-refractivity contribution is 0.0505. The van der Waals surface area contributed by atoms with Crippen molar-refractivity contribution >= 4 is 17.8 Å². The zero-order valence-corrected chi connectivity index (χ0v) is 16.7. The minimum Gasteiger partial charge on any atom is -0.497 e. The number of alkyl carbamates (subject to hydrolysis) is 1. The Hall–Kier alpha value is -2.44. The molecule has 7 heteroatoms. The van der Waals surface area contributed by atoms with Crippen molar-refractivity contribution in [1.29, 1.82) is 0 Å². The van der Waals surface area contributed by atoms with Crippen molar-refractivity contribution in [3.8, 4) is 5.75 Å². The number of carbonyl (C=O) groups excluding carboxylic acids is 2. The van der Waals surface area contributed by atoms with Gasteiger partial charge in [0, 0.05) is 12.2 Å². The highest BCUT2D eigenvalue weighted by Gasteiger charge is 2.31. The molecule has 0 aromatic heterocycles. The quantitative estimate of drug-likeness (QED) is 0.716. The van der Waals surface area contributed by atoms with Gasteiger partial charge in [-0.15, -0.1) is 0 Å². The van der Waals surface area contributed by atoms with Gasteiger partial charge in [0.15, 0.2) is 0 Å². The Balaban J connectivity index is 2.66. The summed E-state index contributed by atoms with van der Waals surface area (Å²) in [6.45, 7) is 11.5. The first-order chi connectivity index (χ1) is 11.9. The smallest absolute Gasteiger partial charge is 0.407 e. The van der Waals surface area contributed by atoms with Gasteiger partial charge in [-0.05, 0) is 57.9 Å². The highest BCUT2D eigenvalue weighted by Crippen LogP contribution is 2.18. The van der Waals surface area contributed by atoms with Crippen LogP contribution in [0.25, 0.3) is 0 Å². The molecule has 3 N–H and O–H groups in total. The largest absolute Gasteiger partial charge is 0.497 e. The minimum atomic E-state index is -0.645. The Kier molecular flexibility index (Phi) is 7.29. The van der Waals surface area contributed by atoms with Gasteiger partial charge >= 0.3 is 12.1 Å². The summed E-state index contributed by atoms with van der Waals surface area (Å²) in [5, 5.41) is 8.44. The van der Waals surface area contributed by atoms with Crippen molar-refractivity contribution in [2.45, 2.75) is 52.7 Å². The molecular formula is C19H31N3O4. The van der Waals surface area contributed by atoms with E-state index in [9.17, 15) is 9.59 Å². The SMILES string of the molecule is COc1ccc(NC(=O)N[C@](C)(CNC(=O)OC(C)(C)C)C(C)C)cc1. The molecule has 0 aliphatic carbocycles. The zero-order valence-electron chi connectivity index (χ0n) is 16.7. The molecular weight excluding hydrogens is 334 g/mol. The van der Waals surface area contributed by atoms with Crippen LogP contribution in [-0.2, 0) is 4.74 Å². The first kappa shape index (κ1) is 21.6. The molecule has 1 rings (SSSR count). The number of ether oxygens (including phenoxy) is 2. The number of urea groups is 1. The molecule has 0 saturated heterocycles. The van der Waals surface area contributed by atoms with Gasteiger partial charge in [-0.3, -0.25) is 0 Å². The van der Waals surface area contributed by atoms with Gasteiger partial charge in [-0.2, -0.15) is 0 Å². The summed E-state index contributed by atoms with van der Waals surface area (Å²) >= 11 is 0. The highest BCUT2D eigenvalue weighted by atomic mass is 16.6. The number of amides is 3.